The molecular formula is C34H44Cl2F2N4. The van der Waals surface area contributed by atoms with Gasteiger partial charge in [0.05, 0.1) is 0 Å². The molecule has 8 heteroatoms. The van der Waals surface area contributed by atoms with E-state index in [-0.39, 0.29) is 23.7 Å². The lowest BCUT2D eigenvalue weighted by molar-refractivity contribution is 0.555. The average Bonchev–Trinajstić information content (AvgIpc) is 2.92. The van der Waals surface area contributed by atoms with Gasteiger partial charge in [-0.05, 0) is 78.0 Å². The fraction of sp³-hybridized carbons (Fsp3) is 0.412. The molecule has 0 aliphatic rings. The molecule has 0 fully saturated rings. The van der Waals surface area contributed by atoms with Gasteiger partial charge in [0.2, 0.25) is 11.9 Å². The van der Waals surface area contributed by atoms with Gasteiger partial charge < -0.3 is 0 Å². The van der Waals surface area contributed by atoms with Gasteiger partial charge in [-0.1, -0.05) is 96.8 Å². The third kappa shape index (κ3) is 12.9. The van der Waals surface area contributed by atoms with E-state index in [4.69, 9.17) is 23.2 Å². The number of aromatic nitrogens is 4. The van der Waals surface area contributed by atoms with Crippen LogP contribution < -0.4 is 0 Å². The molecule has 0 aliphatic heterocycles. The quantitative estimate of drug-likeness (QED) is 0.214. The van der Waals surface area contributed by atoms with Crippen LogP contribution in [-0.4, -0.2) is 19.9 Å². The minimum Gasteiger partial charge on any atom is -0.244 e. The number of hydrogen-bond acceptors (Lipinski definition) is 4. The van der Waals surface area contributed by atoms with Crippen molar-refractivity contribution in [2.45, 2.75) is 92.9 Å². The molecule has 4 rings (SSSR count). The summed E-state index contributed by atoms with van der Waals surface area (Å²) in [5, 5.41) is 1.25. The number of aryl methyl sites for hydroxylation is 2. The van der Waals surface area contributed by atoms with Gasteiger partial charge in [-0.25, -0.2) is 19.9 Å². The summed E-state index contributed by atoms with van der Waals surface area (Å²) in [7, 11) is 0. The van der Waals surface area contributed by atoms with Crippen LogP contribution in [0, 0.1) is 25.7 Å². The Morgan fingerprint density at radius 3 is 1.31 bits per heavy atom. The van der Waals surface area contributed by atoms with Crippen LogP contribution in [0.4, 0.5) is 8.78 Å². The van der Waals surface area contributed by atoms with E-state index in [1.807, 2.05) is 59.7 Å². The summed E-state index contributed by atoms with van der Waals surface area (Å²) in [6, 6.07) is 11.3. The molecule has 0 atom stereocenters. The van der Waals surface area contributed by atoms with Crippen molar-refractivity contribution in [3.05, 3.63) is 117 Å². The monoisotopic (exact) mass is 616 g/mol. The Bertz CT molecular complexity index is 1270. The SMILES string of the molecule is CC(C)c1cccnc1Cl.CC(C)c1cccnc1F.Cc1cnc(Cl)c(C(C)C)c1.Cc1cnc(F)c(C(C)C)c1. The van der Waals surface area contributed by atoms with E-state index < -0.39 is 0 Å². The van der Waals surface area contributed by atoms with Gasteiger partial charge in [-0.2, -0.15) is 8.78 Å². The highest BCUT2D eigenvalue weighted by atomic mass is 35.5. The molecule has 4 aromatic rings. The zero-order valence-corrected chi connectivity index (χ0v) is 27.9. The molecule has 42 heavy (non-hydrogen) atoms. The van der Waals surface area contributed by atoms with Crippen LogP contribution in [0.2, 0.25) is 10.3 Å². The summed E-state index contributed by atoms with van der Waals surface area (Å²) in [4.78, 5) is 15.2. The Morgan fingerprint density at radius 1 is 0.524 bits per heavy atom. The van der Waals surface area contributed by atoms with Gasteiger partial charge in [-0.3, -0.25) is 0 Å². The van der Waals surface area contributed by atoms with Crippen molar-refractivity contribution < 1.29 is 8.78 Å². The van der Waals surface area contributed by atoms with Gasteiger partial charge in [0, 0.05) is 35.9 Å². The van der Waals surface area contributed by atoms with Crippen molar-refractivity contribution in [2.75, 3.05) is 0 Å². The van der Waals surface area contributed by atoms with Gasteiger partial charge in [0.1, 0.15) is 10.3 Å². The summed E-state index contributed by atoms with van der Waals surface area (Å²) < 4.78 is 25.6. The van der Waals surface area contributed by atoms with E-state index in [1.54, 1.807) is 30.7 Å². The number of nitrogens with zero attached hydrogens (tertiary/aromatic N) is 4. The first-order valence-corrected chi connectivity index (χ1v) is 14.9. The van der Waals surface area contributed by atoms with E-state index in [1.165, 1.54) is 6.20 Å². The molecule has 228 valence electrons. The summed E-state index contributed by atoms with van der Waals surface area (Å²) in [5.74, 6) is 0.648. The lowest BCUT2D eigenvalue weighted by Gasteiger charge is -2.06. The van der Waals surface area contributed by atoms with Crippen molar-refractivity contribution in [2.24, 2.45) is 0 Å². The minimum atomic E-state index is -0.350. The van der Waals surface area contributed by atoms with Crippen molar-refractivity contribution in [1.82, 2.24) is 19.9 Å². The molecule has 0 aromatic carbocycles. The van der Waals surface area contributed by atoms with Crippen LogP contribution in [0.3, 0.4) is 0 Å². The Balaban J connectivity index is 0.000000280. The van der Waals surface area contributed by atoms with Crippen LogP contribution >= 0.6 is 23.2 Å². The molecule has 0 saturated heterocycles. The first kappa shape index (κ1) is 37.1. The van der Waals surface area contributed by atoms with Crippen molar-refractivity contribution in [3.63, 3.8) is 0 Å². The van der Waals surface area contributed by atoms with Crippen molar-refractivity contribution >= 4 is 23.2 Å². The highest BCUT2D eigenvalue weighted by molar-refractivity contribution is 6.30. The summed E-state index contributed by atoms with van der Waals surface area (Å²) in [6.45, 7) is 20.2. The van der Waals surface area contributed by atoms with Crippen LogP contribution in [-0.2, 0) is 0 Å². The first-order valence-electron chi connectivity index (χ1n) is 14.1. The maximum Gasteiger partial charge on any atom is 0.216 e. The Kier molecular flexibility index (Phi) is 16.4. The standard InChI is InChI=1S/C9H12ClN.C9H12FN.C8H10ClN.C8H10FN/c2*1-6(2)8-4-7(3)5-11-9(8)10;2*1-6(2)7-4-3-5-10-8(7)9/h2*4-6H,1-3H3;2*3-6H,1-2H3. The number of rotatable bonds is 4. The van der Waals surface area contributed by atoms with Gasteiger partial charge in [-0.15, -0.1) is 0 Å². The Hall–Kier alpha value is -2.96. The maximum absolute atomic E-state index is 12.9. The van der Waals surface area contributed by atoms with Crippen LogP contribution in [0.15, 0.2) is 61.2 Å². The zero-order chi connectivity index (χ0) is 32.0. The van der Waals surface area contributed by atoms with Gasteiger partial charge >= 0.3 is 0 Å². The Labute approximate surface area is 261 Å². The fourth-order valence-electron chi connectivity index (χ4n) is 3.62. The van der Waals surface area contributed by atoms with Crippen LogP contribution in [0.5, 0.6) is 0 Å². The highest BCUT2D eigenvalue weighted by Gasteiger charge is 2.07. The van der Waals surface area contributed by atoms with Crippen molar-refractivity contribution in [1.29, 1.82) is 0 Å². The van der Waals surface area contributed by atoms with E-state index in [0.29, 0.717) is 33.3 Å². The molecule has 4 aromatic heterocycles. The predicted octanol–water partition coefficient (Wildman–Crippen LogP) is 11.0. The molecule has 4 heterocycles. The van der Waals surface area contributed by atoms with E-state index in [9.17, 15) is 8.78 Å². The average molecular weight is 618 g/mol. The summed E-state index contributed by atoms with van der Waals surface area (Å²) >= 11 is 11.7. The molecule has 0 amide bonds. The normalized spacial score (nSPS) is 10.5. The molecule has 0 bridgehead atoms. The molecule has 0 radical (unpaired) electrons. The van der Waals surface area contributed by atoms with E-state index >= 15 is 0 Å². The highest BCUT2D eigenvalue weighted by Crippen LogP contribution is 2.23. The van der Waals surface area contributed by atoms with Crippen molar-refractivity contribution in [3.8, 4) is 0 Å². The van der Waals surface area contributed by atoms with E-state index in [0.717, 1.165) is 22.3 Å². The predicted molar refractivity (Wildman–Crippen MR) is 173 cm³/mol. The summed E-state index contributed by atoms with van der Waals surface area (Å²) in [5.41, 5.74) is 5.80. The van der Waals surface area contributed by atoms with Gasteiger partial charge in [0.15, 0.2) is 0 Å². The number of pyridine rings is 4. The van der Waals surface area contributed by atoms with Gasteiger partial charge in [0.25, 0.3) is 0 Å². The lowest BCUT2D eigenvalue weighted by Crippen LogP contribution is -1.96. The van der Waals surface area contributed by atoms with E-state index in [2.05, 4.69) is 53.7 Å². The number of hydrogen-bond donors (Lipinski definition) is 0. The topological polar surface area (TPSA) is 51.6 Å². The third-order valence-corrected chi connectivity index (χ3v) is 6.70. The number of halogens is 4. The minimum absolute atomic E-state index is 0.211. The second kappa shape index (κ2) is 18.6. The largest absolute Gasteiger partial charge is 0.244 e. The molecule has 0 saturated carbocycles. The first-order chi connectivity index (χ1) is 19.6. The smallest absolute Gasteiger partial charge is 0.216 e. The van der Waals surface area contributed by atoms with Crippen LogP contribution in [0.1, 0.15) is 112 Å². The molecule has 4 nitrogen and oxygen atoms in total. The molecule has 0 unspecified atom stereocenters. The molecule has 0 spiro atoms. The summed E-state index contributed by atoms with van der Waals surface area (Å²) in [6.07, 6.45) is 6.49. The molecular weight excluding hydrogens is 573 g/mol. The Morgan fingerprint density at radius 2 is 0.929 bits per heavy atom. The van der Waals surface area contributed by atoms with Crippen LogP contribution in [0.25, 0.3) is 0 Å². The fourth-order valence-corrected chi connectivity index (χ4v) is 4.28. The lowest BCUT2D eigenvalue weighted by atomic mass is 10.0. The second-order valence-corrected chi connectivity index (χ2v) is 11.9. The second-order valence-electron chi connectivity index (χ2n) is 11.2. The zero-order valence-electron chi connectivity index (χ0n) is 26.4. The molecule has 0 aliphatic carbocycles. The maximum atomic E-state index is 12.9. The molecule has 0 N–H and O–H groups in total. The third-order valence-electron chi connectivity index (χ3n) is 6.07.